The van der Waals surface area contributed by atoms with Crippen LogP contribution < -0.4 is 10.2 Å². The number of hydrogen-bond acceptors (Lipinski definition) is 4. The molecule has 1 saturated heterocycles. The van der Waals surface area contributed by atoms with Crippen molar-refractivity contribution in [1.29, 1.82) is 5.26 Å². The van der Waals surface area contributed by atoms with Crippen molar-refractivity contribution in [2.75, 3.05) is 24.7 Å². The largest absolute Gasteiger partial charge is 0.377 e. The van der Waals surface area contributed by atoms with Crippen LogP contribution in [0.4, 0.5) is 5.69 Å². The summed E-state index contributed by atoms with van der Waals surface area (Å²) in [5, 5.41) is 12.9. The molecule has 0 unspecified atom stereocenters. The third kappa shape index (κ3) is 3.75. The highest BCUT2D eigenvalue weighted by atomic mass is 16.5. The lowest BCUT2D eigenvalue weighted by molar-refractivity contribution is 0.0644. The number of anilines is 1. The van der Waals surface area contributed by atoms with E-state index < -0.39 is 0 Å². The Bertz CT molecular complexity index is 531. The van der Waals surface area contributed by atoms with Crippen LogP contribution in [0.5, 0.6) is 0 Å². The molecule has 1 heterocycles. The highest BCUT2D eigenvalue weighted by molar-refractivity contribution is 5.62. The van der Waals surface area contributed by atoms with E-state index in [0.29, 0.717) is 19.3 Å². The zero-order chi connectivity index (χ0) is 15.5. The summed E-state index contributed by atoms with van der Waals surface area (Å²) in [7, 11) is 0. The minimum Gasteiger partial charge on any atom is -0.377 e. The molecule has 2 rings (SSSR count). The van der Waals surface area contributed by atoms with Gasteiger partial charge in [-0.3, -0.25) is 0 Å². The molecular weight excluding hydrogens is 262 g/mol. The van der Waals surface area contributed by atoms with Gasteiger partial charge >= 0.3 is 0 Å². The van der Waals surface area contributed by atoms with Gasteiger partial charge < -0.3 is 15.0 Å². The Labute approximate surface area is 127 Å². The maximum Gasteiger partial charge on any atom is 0.101 e. The average Bonchev–Trinajstić information content (AvgIpc) is 2.44. The Morgan fingerprint density at radius 1 is 1.43 bits per heavy atom. The lowest BCUT2D eigenvalue weighted by Crippen LogP contribution is -2.53. The fourth-order valence-electron chi connectivity index (χ4n) is 2.64. The molecule has 0 atom stereocenters. The molecule has 0 amide bonds. The third-order valence-corrected chi connectivity index (χ3v) is 3.83. The second-order valence-corrected chi connectivity index (χ2v) is 6.52. The van der Waals surface area contributed by atoms with E-state index in [-0.39, 0.29) is 5.54 Å². The monoisotopic (exact) mass is 287 g/mol. The van der Waals surface area contributed by atoms with Crippen LogP contribution in [0.3, 0.4) is 0 Å². The molecule has 21 heavy (non-hydrogen) atoms. The number of nitriles is 1. The molecule has 1 fully saturated rings. The van der Waals surface area contributed by atoms with E-state index in [2.05, 4.69) is 56.1 Å². The van der Waals surface area contributed by atoms with Gasteiger partial charge in [-0.25, -0.2) is 0 Å². The smallest absolute Gasteiger partial charge is 0.101 e. The average molecular weight is 287 g/mol. The van der Waals surface area contributed by atoms with Crippen molar-refractivity contribution >= 4 is 5.69 Å². The molecule has 0 saturated carbocycles. The summed E-state index contributed by atoms with van der Waals surface area (Å²) in [6.07, 6.45) is 0. The molecule has 1 aromatic rings. The van der Waals surface area contributed by atoms with Crippen molar-refractivity contribution in [3.63, 3.8) is 0 Å². The van der Waals surface area contributed by atoms with Crippen molar-refractivity contribution in [2.45, 2.75) is 45.8 Å². The van der Waals surface area contributed by atoms with Crippen LogP contribution in [0, 0.1) is 11.3 Å². The summed E-state index contributed by atoms with van der Waals surface area (Å²) in [6.45, 7) is 11.6. The Morgan fingerprint density at radius 3 is 2.81 bits per heavy atom. The Balaban J connectivity index is 2.26. The van der Waals surface area contributed by atoms with E-state index in [1.165, 1.54) is 0 Å². The number of hydrogen-bond donors (Lipinski definition) is 1. The number of ether oxygens (including phenoxy) is 1. The van der Waals surface area contributed by atoms with Gasteiger partial charge in [0.15, 0.2) is 0 Å². The lowest BCUT2D eigenvalue weighted by atomic mass is 9.99. The minimum absolute atomic E-state index is 0.0818. The Hall–Kier alpha value is -1.57. The van der Waals surface area contributed by atoms with Crippen LogP contribution in [0.15, 0.2) is 18.2 Å². The summed E-state index contributed by atoms with van der Waals surface area (Å²) in [5.41, 5.74) is 2.82. The predicted molar refractivity (Wildman–Crippen MR) is 85.4 cm³/mol. The Kier molecular flexibility index (Phi) is 4.87. The number of nitrogens with zero attached hydrogens (tertiary/aromatic N) is 2. The molecule has 1 aliphatic rings. The first kappa shape index (κ1) is 15.8. The number of benzene rings is 1. The standard InChI is InChI=1S/C17H25N3O/c1-13(2)19-11-14-5-6-16(15(9-14)10-18)20-7-8-21-12-17(20,3)4/h5-6,9,13,19H,7-8,11-12H2,1-4H3. The number of rotatable bonds is 4. The first-order valence-corrected chi connectivity index (χ1v) is 7.56. The maximum absolute atomic E-state index is 9.49. The molecule has 0 bridgehead atoms. The van der Waals surface area contributed by atoms with Gasteiger partial charge in [-0.05, 0) is 31.5 Å². The molecule has 1 N–H and O–H groups in total. The molecular formula is C17H25N3O. The number of morpholine rings is 1. The first-order valence-electron chi connectivity index (χ1n) is 7.56. The van der Waals surface area contributed by atoms with E-state index in [1.807, 2.05) is 6.07 Å². The molecule has 114 valence electrons. The summed E-state index contributed by atoms with van der Waals surface area (Å²) < 4.78 is 5.56. The molecule has 0 radical (unpaired) electrons. The van der Waals surface area contributed by atoms with Gasteiger partial charge in [0, 0.05) is 19.1 Å². The summed E-state index contributed by atoms with van der Waals surface area (Å²) >= 11 is 0. The van der Waals surface area contributed by atoms with Crippen molar-refractivity contribution in [2.24, 2.45) is 0 Å². The van der Waals surface area contributed by atoms with E-state index in [1.54, 1.807) is 0 Å². The van der Waals surface area contributed by atoms with Crippen LogP contribution in [0.2, 0.25) is 0 Å². The van der Waals surface area contributed by atoms with E-state index in [0.717, 1.165) is 29.9 Å². The van der Waals surface area contributed by atoms with Gasteiger partial charge in [-0.1, -0.05) is 19.9 Å². The summed E-state index contributed by atoms with van der Waals surface area (Å²) in [5.74, 6) is 0. The van der Waals surface area contributed by atoms with Crippen LogP contribution in [-0.2, 0) is 11.3 Å². The first-order chi connectivity index (χ1) is 9.94. The molecule has 4 nitrogen and oxygen atoms in total. The van der Waals surface area contributed by atoms with E-state index in [9.17, 15) is 5.26 Å². The van der Waals surface area contributed by atoms with Crippen molar-refractivity contribution in [1.82, 2.24) is 5.32 Å². The minimum atomic E-state index is -0.0818. The third-order valence-electron chi connectivity index (χ3n) is 3.83. The normalized spacial score (nSPS) is 17.8. The van der Waals surface area contributed by atoms with Gasteiger partial charge in [-0.2, -0.15) is 5.26 Å². The molecule has 1 aliphatic heterocycles. The predicted octanol–water partition coefficient (Wildman–Crippen LogP) is 2.67. The second-order valence-electron chi connectivity index (χ2n) is 6.52. The molecule has 4 heteroatoms. The topological polar surface area (TPSA) is 48.3 Å². The molecule has 0 spiro atoms. The van der Waals surface area contributed by atoms with Crippen molar-refractivity contribution < 1.29 is 4.74 Å². The van der Waals surface area contributed by atoms with Crippen molar-refractivity contribution in [3.8, 4) is 6.07 Å². The van der Waals surface area contributed by atoms with Gasteiger partial charge in [0.1, 0.15) is 6.07 Å². The summed E-state index contributed by atoms with van der Waals surface area (Å²) in [4.78, 5) is 2.29. The van der Waals surface area contributed by atoms with Crippen LogP contribution in [0.25, 0.3) is 0 Å². The lowest BCUT2D eigenvalue weighted by Gasteiger charge is -2.44. The SMILES string of the molecule is CC(C)NCc1ccc(N2CCOCC2(C)C)c(C#N)c1. The van der Waals surface area contributed by atoms with Crippen LogP contribution in [0.1, 0.15) is 38.8 Å². The van der Waals surface area contributed by atoms with Gasteiger partial charge in [-0.15, -0.1) is 0 Å². The quantitative estimate of drug-likeness (QED) is 0.925. The molecule has 0 aliphatic carbocycles. The van der Waals surface area contributed by atoms with E-state index >= 15 is 0 Å². The zero-order valence-corrected chi connectivity index (χ0v) is 13.4. The number of nitrogens with one attached hydrogen (secondary N) is 1. The summed E-state index contributed by atoms with van der Waals surface area (Å²) in [6, 6.07) is 8.96. The Morgan fingerprint density at radius 2 is 2.19 bits per heavy atom. The highest BCUT2D eigenvalue weighted by Crippen LogP contribution is 2.30. The zero-order valence-electron chi connectivity index (χ0n) is 13.4. The fraction of sp³-hybridized carbons (Fsp3) is 0.588. The van der Waals surface area contributed by atoms with E-state index in [4.69, 9.17) is 4.74 Å². The maximum atomic E-state index is 9.49. The second kappa shape index (κ2) is 6.46. The molecule has 0 aromatic heterocycles. The van der Waals surface area contributed by atoms with Gasteiger partial charge in [0.05, 0.1) is 30.0 Å². The van der Waals surface area contributed by atoms with Crippen molar-refractivity contribution in [3.05, 3.63) is 29.3 Å². The van der Waals surface area contributed by atoms with Crippen LogP contribution >= 0.6 is 0 Å². The molecule has 1 aromatic carbocycles. The van der Waals surface area contributed by atoms with Gasteiger partial charge in [0.25, 0.3) is 0 Å². The van der Waals surface area contributed by atoms with Gasteiger partial charge in [0.2, 0.25) is 0 Å². The van der Waals surface area contributed by atoms with Crippen LogP contribution in [-0.4, -0.2) is 31.3 Å². The fourth-order valence-corrected chi connectivity index (χ4v) is 2.64. The highest BCUT2D eigenvalue weighted by Gasteiger charge is 2.31.